The van der Waals surface area contributed by atoms with Crippen LogP contribution in [0.2, 0.25) is 0 Å². The van der Waals surface area contributed by atoms with Gasteiger partial charge < -0.3 is 15.0 Å². The van der Waals surface area contributed by atoms with E-state index in [2.05, 4.69) is 76.7 Å². The molecule has 2 heterocycles. The third-order valence-corrected chi connectivity index (χ3v) is 8.57. The third kappa shape index (κ3) is 4.18. The van der Waals surface area contributed by atoms with Crippen molar-refractivity contribution in [2.45, 2.75) is 26.3 Å². The summed E-state index contributed by atoms with van der Waals surface area (Å²) >= 11 is 0. The molecule has 0 spiro atoms. The van der Waals surface area contributed by atoms with E-state index >= 15 is 0 Å². The lowest BCUT2D eigenvalue weighted by Gasteiger charge is -2.41. The van der Waals surface area contributed by atoms with Gasteiger partial charge in [-0.05, 0) is 59.7 Å². The highest BCUT2D eigenvalue weighted by atomic mass is 16.5. The van der Waals surface area contributed by atoms with Gasteiger partial charge in [0.05, 0.1) is 7.11 Å². The van der Waals surface area contributed by atoms with Crippen LogP contribution >= 0.6 is 0 Å². The second-order valence-corrected chi connectivity index (χ2v) is 10.7. The van der Waals surface area contributed by atoms with E-state index in [1.54, 1.807) is 12.7 Å². The normalized spacial score (nSPS) is 27.6. The first kappa shape index (κ1) is 21.9. The van der Waals surface area contributed by atoms with E-state index in [4.69, 9.17) is 4.74 Å². The van der Waals surface area contributed by atoms with Crippen LogP contribution < -0.4 is 5.32 Å². The molecule has 1 N–H and O–H groups in total. The molecule has 3 unspecified atom stereocenters. The number of allylic oxidation sites excluding steroid dienone is 4. The van der Waals surface area contributed by atoms with Gasteiger partial charge in [-0.1, -0.05) is 48.0 Å². The first-order chi connectivity index (χ1) is 16.7. The summed E-state index contributed by atoms with van der Waals surface area (Å²) in [6.07, 6.45) is 7.16. The zero-order valence-electron chi connectivity index (χ0n) is 20.6. The zero-order chi connectivity index (χ0) is 23.1. The van der Waals surface area contributed by atoms with Gasteiger partial charge >= 0.3 is 0 Å². The van der Waals surface area contributed by atoms with Gasteiger partial charge in [0.2, 0.25) is 0 Å². The summed E-state index contributed by atoms with van der Waals surface area (Å²) < 4.78 is 5.58. The molecule has 178 valence electrons. The summed E-state index contributed by atoms with van der Waals surface area (Å²) in [5.41, 5.74) is 5.88. The number of methoxy groups -OCH3 is 1. The van der Waals surface area contributed by atoms with Crippen LogP contribution in [-0.4, -0.2) is 56.2 Å². The number of nitrogens with zero attached hydrogens (tertiary/aromatic N) is 2. The van der Waals surface area contributed by atoms with Crippen LogP contribution in [0.1, 0.15) is 25.3 Å². The topological polar surface area (TPSA) is 27.7 Å². The minimum absolute atomic E-state index is 0.543. The summed E-state index contributed by atoms with van der Waals surface area (Å²) in [7, 11) is 1.79. The number of hydrogen-bond acceptors (Lipinski definition) is 4. The van der Waals surface area contributed by atoms with E-state index in [-0.39, 0.29) is 0 Å². The molecule has 0 bridgehead atoms. The molecule has 34 heavy (non-hydrogen) atoms. The Morgan fingerprint density at radius 3 is 2.62 bits per heavy atom. The molecule has 3 atom stereocenters. The molecule has 0 saturated carbocycles. The smallest absolute Gasteiger partial charge is 0.119 e. The Balaban J connectivity index is 1.02. The van der Waals surface area contributed by atoms with E-state index in [0.29, 0.717) is 11.8 Å². The molecule has 6 rings (SSSR count). The van der Waals surface area contributed by atoms with Crippen molar-refractivity contribution in [3.63, 3.8) is 0 Å². The van der Waals surface area contributed by atoms with Gasteiger partial charge in [-0.25, -0.2) is 0 Å². The lowest BCUT2D eigenvalue weighted by molar-refractivity contribution is 0.105. The molecule has 0 radical (unpaired) electrons. The maximum atomic E-state index is 5.58. The SMILES string of the molecule is COC1=C(C)CC2C(=C1)NCC1C2=CCC1CN1CCN(Cc2ccc3ccccc3c2)CC1. The Labute approximate surface area is 204 Å². The fourth-order valence-corrected chi connectivity index (χ4v) is 6.63. The predicted molar refractivity (Wildman–Crippen MR) is 139 cm³/mol. The van der Waals surface area contributed by atoms with Crippen molar-refractivity contribution in [2.75, 3.05) is 46.4 Å². The molecule has 4 nitrogen and oxygen atoms in total. The molecule has 4 heteroatoms. The van der Waals surface area contributed by atoms with E-state index in [9.17, 15) is 0 Å². The molecule has 0 aromatic heterocycles. The highest BCUT2D eigenvalue weighted by Gasteiger charge is 2.40. The first-order valence-corrected chi connectivity index (χ1v) is 13.0. The molecule has 2 aliphatic carbocycles. The monoisotopic (exact) mass is 455 g/mol. The highest BCUT2D eigenvalue weighted by molar-refractivity contribution is 5.82. The van der Waals surface area contributed by atoms with Gasteiger partial charge in [0.15, 0.2) is 0 Å². The van der Waals surface area contributed by atoms with Crippen LogP contribution in [0.5, 0.6) is 0 Å². The molecule has 4 aliphatic rings. The summed E-state index contributed by atoms with van der Waals surface area (Å²) in [5, 5.41) is 6.45. The minimum atomic E-state index is 0.543. The summed E-state index contributed by atoms with van der Waals surface area (Å²) in [5.74, 6) is 3.04. The molecule has 2 saturated heterocycles. The van der Waals surface area contributed by atoms with Crippen molar-refractivity contribution >= 4 is 10.8 Å². The zero-order valence-corrected chi connectivity index (χ0v) is 20.6. The van der Waals surface area contributed by atoms with E-state index in [1.807, 2.05) is 0 Å². The average Bonchev–Trinajstić information content (AvgIpc) is 3.28. The number of hydrogen-bond donors (Lipinski definition) is 1. The molecule has 0 amide bonds. The molecule has 2 fully saturated rings. The first-order valence-electron chi connectivity index (χ1n) is 13.0. The maximum absolute atomic E-state index is 5.58. The van der Waals surface area contributed by atoms with Crippen LogP contribution in [0.15, 0.2) is 77.2 Å². The number of rotatable bonds is 5. The second kappa shape index (κ2) is 9.24. The fraction of sp³-hybridized carbons (Fsp3) is 0.467. The van der Waals surface area contributed by atoms with Crippen molar-refractivity contribution in [2.24, 2.45) is 17.8 Å². The molecular formula is C30H37N3O. The number of piperazine rings is 1. The predicted octanol–water partition coefficient (Wildman–Crippen LogP) is 4.95. The van der Waals surface area contributed by atoms with Gasteiger partial charge in [0, 0.05) is 63.3 Å². The standard InChI is InChI=1S/C30H37N3O/c1-21-15-27-26-10-9-25(28(26)18-31-29(27)17-30(21)34-2)20-33-13-11-32(12-14-33)19-22-7-8-23-5-3-4-6-24(23)16-22/h3-8,10,16-17,25,27-28,31H,9,11-15,18-20H2,1-2H3. The Morgan fingerprint density at radius 1 is 1.00 bits per heavy atom. The second-order valence-electron chi connectivity index (χ2n) is 10.7. The van der Waals surface area contributed by atoms with Crippen LogP contribution in [0.4, 0.5) is 0 Å². The maximum Gasteiger partial charge on any atom is 0.119 e. The fourth-order valence-electron chi connectivity index (χ4n) is 6.63. The molecular weight excluding hydrogens is 418 g/mol. The summed E-state index contributed by atoms with van der Waals surface area (Å²) in [6, 6.07) is 15.6. The van der Waals surface area contributed by atoms with E-state index in [1.165, 1.54) is 66.8 Å². The van der Waals surface area contributed by atoms with Crippen LogP contribution in [0.3, 0.4) is 0 Å². The Kier molecular flexibility index (Phi) is 5.96. The van der Waals surface area contributed by atoms with Crippen molar-refractivity contribution in [3.05, 3.63) is 82.8 Å². The minimum Gasteiger partial charge on any atom is -0.497 e. The number of fused-ring (bicyclic) bond motifs is 4. The van der Waals surface area contributed by atoms with Gasteiger partial charge in [-0.15, -0.1) is 0 Å². The number of nitrogens with one attached hydrogen (secondary N) is 1. The van der Waals surface area contributed by atoms with Crippen LogP contribution in [-0.2, 0) is 11.3 Å². The summed E-state index contributed by atoms with van der Waals surface area (Å²) in [6.45, 7) is 10.3. The third-order valence-electron chi connectivity index (χ3n) is 8.57. The molecule has 2 aliphatic heterocycles. The quantitative estimate of drug-likeness (QED) is 0.646. The molecule has 2 aromatic carbocycles. The highest BCUT2D eigenvalue weighted by Crippen LogP contribution is 2.45. The van der Waals surface area contributed by atoms with E-state index < -0.39 is 0 Å². The largest absolute Gasteiger partial charge is 0.497 e. The van der Waals surface area contributed by atoms with Gasteiger partial charge in [-0.2, -0.15) is 0 Å². The summed E-state index contributed by atoms with van der Waals surface area (Å²) in [4.78, 5) is 5.35. The average molecular weight is 456 g/mol. The van der Waals surface area contributed by atoms with Gasteiger partial charge in [0.1, 0.15) is 5.76 Å². The molecule has 2 aromatic rings. The Morgan fingerprint density at radius 2 is 1.79 bits per heavy atom. The van der Waals surface area contributed by atoms with Crippen molar-refractivity contribution < 1.29 is 4.74 Å². The van der Waals surface area contributed by atoms with Crippen LogP contribution in [0, 0.1) is 17.8 Å². The lowest BCUT2D eigenvalue weighted by Crippen LogP contribution is -2.48. The van der Waals surface area contributed by atoms with Gasteiger partial charge in [0.25, 0.3) is 0 Å². The van der Waals surface area contributed by atoms with E-state index in [0.717, 1.165) is 31.2 Å². The number of piperidine rings is 1. The van der Waals surface area contributed by atoms with Crippen molar-refractivity contribution in [1.82, 2.24) is 15.1 Å². The van der Waals surface area contributed by atoms with Crippen molar-refractivity contribution in [1.29, 1.82) is 0 Å². The van der Waals surface area contributed by atoms with Gasteiger partial charge in [-0.3, -0.25) is 4.90 Å². The Hall–Kier alpha value is -2.56. The number of benzene rings is 2. The number of ether oxygens (including phenoxy) is 1. The van der Waals surface area contributed by atoms with Crippen LogP contribution in [0.25, 0.3) is 10.8 Å². The van der Waals surface area contributed by atoms with Crippen molar-refractivity contribution in [3.8, 4) is 0 Å². The Bertz CT molecular complexity index is 1150. The lowest BCUT2D eigenvalue weighted by atomic mass is 9.75.